The van der Waals surface area contributed by atoms with Crippen molar-refractivity contribution in [2.24, 2.45) is 0 Å². The number of benzene rings is 1. The van der Waals surface area contributed by atoms with E-state index in [0.29, 0.717) is 6.61 Å². The van der Waals surface area contributed by atoms with E-state index in [1.54, 1.807) is 24.3 Å². The Morgan fingerprint density at radius 2 is 1.96 bits per heavy atom. The first-order chi connectivity index (χ1) is 13.5. The zero-order chi connectivity index (χ0) is 20.8. The minimum absolute atomic E-state index is 0.0436. The van der Waals surface area contributed by atoms with Crippen LogP contribution in [-0.4, -0.2) is 18.6 Å². The zero-order valence-electron chi connectivity index (χ0n) is 16.9. The molecule has 28 heavy (non-hydrogen) atoms. The van der Waals surface area contributed by atoms with Gasteiger partial charge in [0.15, 0.2) is 0 Å². The Balaban J connectivity index is 2.71. The van der Waals surface area contributed by atoms with Crippen LogP contribution in [0.25, 0.3) is 6.08 Å². The highest BCUT2D eigenvalue weighted by Crippen LogP contribution is 2.16. The predicted octanol–water partition coefficient (Wildman–Crippen LogP) is 5.36. The van der Waals surface area contributed by atoms with E-state index in [9.17, 15) is 10.1 Å². The highest BCUT2D eigenvalue weighted by molar-refractivity contribution is 6.02. The van der Waals surface area contributed by atoms with Crippen LogP contribution < -0.4 is 10.1 Å². The van der Waals surface area contributed by atoms with Gasteiger partial charge in [0.25, 0.3) is 5.91 Å². The molecule has 0 saturated carbocycles. The van der Waals surface area contributed by atoms with Crippen molar-refractivity contribution in [2.45, 2.75) is 45.6 Å². The summed E-state index contributed by atoms with van der Waals surface area (Å²) in [5, 5.41) is 12.2. The van der Waals surface area contributed by atoms with Gasteiger partial charge >= 0.3 is 0 Å². The molecular weight excluding hydrogens is 348 g/mol. The molecule has 0 radical (unpaired) electrons. The summed E-state index contributed by atoms with van der Waals surface area (Å²) in [5.74, 6) is 0.360. The lowest BCUT2D eigenvalue weighted by molar-refractivity contribution is -0.117. The molecule has 0 saturated heterocycles. The number of amides is 1. The minimum Gasteiger partial charge on any atom is -0.494 e. The highest BCUT2D eigenvalue weighted by atomic mass is 16.5. The van der Waals surface area contributed by atoms with E-state index in [1.165, 1.54) is 19.3 Å². The van der Waals surface area contributed by atoms with Gasteiger partial charge in [-0.2, -0.15) is 5.26 Å². The normalized spacial score (nSPS) is 12.6. The average Bonchev–Trinajstić information content (AvgIpc) is 2.70. The fourth-order valence-electron chi connectivity index (χ4n) is 2.58. The molecule has 1 aromatic rings. The number of rotatable bonds is 12. The lowest BCUT2D eigenvalue weighted by Crippen LogP contribution is -2.34. The maximum atomic E-state index is 12.4. The number of carbonyl (C=O) groups is 1. The fraction of sp³-hybridized carbons (Fsp3) is 0.333. The number of ether oxygens (including phenoxy) is 1. The molecule has 0 spiro atoms. The molecule has 0 aromatic heterocycles. The van der Waals surface area contributed by atoms with Crippen LogP contribution in [0.2, 0.25) is 0 Å². The predicted molar refractivity (Wildman–Crippen MR) is 116 cm³/mol. The minimum atomic E-state index is -0.428. The van der Waals surface area contributed by atoms with Gasteiger partial charge in [0.1, 0.15) is 17.4 Å². The standard InChI is InChI=1S/C24H30N2O2/c1-5-8-9-10-16-28-23-14-12-20(13-15-23)17-22(18-25)24(27)26-19(4)21(7-3)11-6-2/h6-7,11-15,17,19H,2-3,5,8-10,16H2,1,4H3,(H,26,27)/b21-11+,22-17+. The summed E-state index contributed by atoms with van der Waals surface area (Å²) < 4.78 is 5.71. The van der Waals surface area contributed by atoms with Gasteiger partial charge in [0.2, 0.25) is 0 Å². The van der Waals surface area contributed by atoms with E-state index in [2.05, 4.69) is 25.4 Å². The van der Waals surface area contributed by atoms with Gasteiger partial charge in [0, 0.05) is 0 Å². The number of carbonyl (C=O) groups excluding carboxylic acids is 1. The van der Waals surface area contributed by atoms with Crippen molar-refractivity contribution in [1.82, 2.24) is 5.32 Å². The second-order valence-electron chi connectivity index (χ2n) is 6.45. The van der Waals surface area contributed by atoms with Gasteiger partial charge in [-0.25, -0.2) is 0 Å². The molecule has 1 atom stereocenters. The molecule has 0 aliphatic carbocycles. The quantitative estimate of drug-likeness (QED) is 0.231. The van der Waals surface area contributed by atoms with Crippen molar-refractivity contribution in [2.75, 3.05) is 6.61 Å². The lowest BCUT2D eigenvalue weighted by atomic mass is 10.1. The molecule has 0 aliphatic rings. The van der Waals surface area contributed by atoms with Crippen LogP contribution in [0.5, 0.6) is 5.75 Å². The molecular formula is C24H30N2O2. The van der Waals surface area contributed by atoms with Gasteiger partial charge < -0.3 is 10.1 Å². The van der Waals surface area contributed by atoms with Gasteiger partial charge in [-0.3, -0.25) is 4.79 Å². The first-order valence-corrected chi connectivity index (χ1v) is 9.66. The van der Waals surface area contributed by atoms with Crippen LogP contribution in [-0.2, 0) is 4.79 Å². The lowest BCUT2D eigenvalue weighted by Gasteiger charge is -2.14. The molecule has 0 aliphatic heterocycles. The van der Waals surface area contributed by atoms with Crippen LogP contribution in [0.1, 0.15) is 45.1 Å². The monoisotopic (exact) mass is 378 g/mol. The largest absolute Gasteiger partial charge is 0.494 e. The number of unbranched alkanes of at least 4 members (excludes halogenated alkanes) is 3. The molecule has 1 rings (SSSR count). The molecule has 1 unspecified atom stereocenters. The zero-order valence-corrected chi connectivity index (χ0v) is 16.9. The Labute approximate surface area is 168 Å². The van der Waals surface area contributed by atoms with Crippen molar-refractivity contribution in [3.63, 3.8) is 0 Å². The molecule has 1 amide bonds. The van der Waals surface area contributed by atoms with Crippen molar-refractivity contribution in [1.29, 1.82) is 5.26 Å². The molecule has 4 heteroatoms. The van der Waals surface area contributed by atoms with E-state index >= 15 is 0 Å². The van der Waals surface area contributed by atoms with Crippen LogP contribution in [0.3, 0.4) is 0 Å². The smallest absolute Gasteiger partial charge is 0.262 e. The Morgan fingerprint density at radius 3 is 2.54 bits per heavy atom. The average molecular weight is 379 g/mol. The first kappa shape index (κ1) is 23.0. The van der Waals surface area contributed by atoms with Crippen molar-refractivity contribution < 1.29 is 9.53 Å². The second-order valence-corrected chi connectivity index (χ2v) is 6.45. The van der Waals surface area contributed by atoms with Crippen molar-refractivity contribution in [3.8, 4) is 11.8 Å². The Kier molecular flexibility index (Phi) is 10.8. The third-order valence-electron chi connectivity index (χ3n) is 4.22. The summed E-state index contributed by atoms with van der Waals surface area (Å²) in [4.78, 5) is 12.4. The van der Waals surface area contributed by atoms with Crippen LogP contribution >= 0.6 is 0 Å². The molecule has 1 N–H and O–H groups in total. The third kappa shape index (κ3) is 8.09. The van der Waals surface area contributed by atoms with E-state index in [-0.39, 0.29) is 11.6 Å². The van der Waals surface area contributed by atoms with E-state index < -0.39 is 5.91 Å². The highest BCUT2D eigenvalue weighted by Gasteiger charge is 2.14. The molecule has 1 aromatic carbocycles. The number of hydrogen-bond acceptors (Lipinski definition) is 3. The summed E-state index contributed by atoms with van der Waals surface area (Å²) >= 11 is 0. The third-order valence-corrected chi connectivity index (χ3v) is 4.22. The summed E-state index contributed by atoms with van der Waals surface area (Å²) in [6.45, 7) is 12.1. The molecule has 0 fully saturated rings. The van der Waals surface area contributed by atoms with Crippen molar-refractivity contribution >= 4 is 12.0 Å². The summed E-state index contributed by atoms with van der Waals surface area (Å²) in [5.41, 5.74) is 1.63. The molecule has 148 valence electrons. The summed E-state index contributed by atoms with van der Waals surface area (Å²) in [6, 6.07) is 9.06. The van der Waals surface area contributed by atoms with Gasteiger partial charge in [-0.1, -0.05) is 69.7 Å². The Bertz CT molecular complexity index is 752. The fourth-order valence-corrected chi connectivity index (χ4v) is 2.58. The Morgan fingerprint density at radius 1 is 1.25 bits per heavy atom. The molecule has 0 bridgehead atoms. The van der Waals surface area contributed by atoms with Gasteiger partial charge in [-0.15, -0.1) is 0 Å². The summed E-state index contributed by atoms with van der Waals surface area (Å²) in [7, 11) is 0. The van der Waals surface area contributed by atoms with E-state index in [0.717, 1.165) is 23.3 Å². The van der Waals surface area contributed by atoms with Gasteiger partial charge in [-0.05, 0) is 42.7 Å². The maximum Gasteiger partial charge on any atom is 0.262 e. The number of allylic oxidation sites excluding steroid dienone is 2. The summed E-state index contributed by atoms with van der Waals surface area (Å²) in [6.07, 6.45) is 11.3. The van der Waals surface area contributed by atoms with E-state index in [4.69, 9.17) is 4.74 Å². The van der Waals surface area contributed by atoms with Crippen molar-refractivity contribution in [3.05, 3.63) is 72.4 Å². The second kappa shape index (κ2) is 13.2. The van der Waals surface area contributed by atoms with E-state index in [1.807, 2.05) is 37.3 Å². The number of hydrogen-bond donors (Lipinski definition) is 1. The SMILES string of the molecule is C=C/C=C(\C=C)C(C)NC(=O)/C(C#N)=C/c1ccc(OCCCCCC)cc1. The van der Waals surface area contributed by atoms with Crippen LogP contribution in [0.15, 0.2) is 66.8 Å². The number of nitrogens with one attached hydrogen (secondary N) is 1. The van der Waals surface area contributed by atoms with Crippen LogP contribution in [0, 0.1) is 11.3 Å². The van der Waals surface area contributed by atoms with Gasteiger partial charge in [0.05, 0.1) is 12.6 Å². The topological polar surface area (TPSA) is 62.1 Å². The molecule has 0 heterocycles. The Hall–Kier alpha value is -3.06. The van der Waals surface area contributed by atoms with Crippen LogP contribution in [0.4, 0.5) is 0 Å². The first-order valence-electron chi connectivity index (χ1n) is 9.66. The maximum absolute atomic E-state index is 12.4. The molecule has 4 nitrogen and oxygen atoms in total. The number of nitriles is 1. The number of nitrogens with zero attached hydrogens (tertiary/aromatic N) is 1.